The second kappa shape index (κ2) is 12.1. The lowest BCUT2D eigenvalue weighted by Crippen LogP contribution is -2.45. The van der Waals surface area contributed by atoms with Crippen LogP contribution in [0, 0.1) is 6.92 Å². The first kappa shape index (κ1) is 27.9. The summed E-state index contributed by atoms with van der Waals surface area (Å²) in [5, 5.41) is 2.95. The van der Waals surface area contributed by atoms with Crippen molar-refractivity contribution < 1.29 is 28.6 Å². The first-order valence-electron chi connectivity index (χ1n) is 12.3. The molecular formula is C27H31N5O6S. The second-order valence-electron chi connectivity index (χ2n) is 9.05. The Kier molecular flexibility index (Phi) is 8.67. The number of anilines is 2. The number of aryl methyl sites for hydroxylation is 1. The van der Waals surface area contributed by atoms with Crippen LogP contribution in [0.15, 0.2) is 42.5 Å². The molecule has 0 spiro atoms. The molecule has 12 heteroatoms. The van der Waals surface area contributed by atoms with Crippen LogP contribution in [0.1, 0.15) is 50.2 Å². The molecule has 39 heavy (non-hydrogen) atoms. The van der Waals surface area contributed by atoms with Crippen molar-refractivity contribution in [1.29, 1.82) is 0 Å². The summed E-state index contributed by atoms with van der Waals surface area (Å²) in [6, 6.07) is 11.0. The summed E-state index contributed by atoms with van der Waals surface area (Å²) in [6.07, 6.45) is 1.63. The third kappa shape index (κ3) is 5.96. The predicted molar refractivity (Wildman–Crippen MR) is 147 cm³/mol. The summed E-state index contributed by atoms with van der Waals surface area (Å²) >= 11 is 0.748. The molecule has 3 aromatic rings. The maximum Gasteiger partial charge on any atom is 0.273 e. The van der Waals surface area contributed by atoms with Crippen LogP contribution in [0.2, 0.25) is 0 Å². The number of hydrogen-bond acceptors (Lipinski definition) is 9. The number of nitrogen functional groups attached to an aromatic ring is 1. The molecule has 2 atom stereocenters. The zero-order valence-electron chi connectivity index (χ0n) is 21.9. The number of rotatable bonds is 10. The Balaban J connectivity index is 1.86. The highest BCUT2D eigenvalue weighted by molar-refractivity contribution is 7.09. The number of hydrogen-bond donors (Lipinski definition) is 3. The minimum Gasteiger partial charge on any atom is -0.493 e. The molecule has 1 fully saturated rings. The topological polar surface area (TPSA) is 159 Å². The van der Waals surface area contributed by atoms with Crippen molar-refractivity contribution in [3.8, 4) is 11.5 Å². The molecule has 2 heterocycles. The van der Waals surface area contributed by atoms with Crippen LogP contribution in [0.4, 0.5) is 11.4 Å². The minimum absolute atomic E-state index is 0.0114. The van der Waals surface area contributed by atoms with Gasteiger partial charge < -0.3 is 31.0 Å². The fourth-order valence-electron chi connectivity index (χ4n) is 4.46. The van der Waals surface area contributed by atoms with E-state index in [1.54, 1.807) is 36.4 Å². The zero-order valence-corrected chi connectivity index (χ0v) is 22.7. The first-order valence-corrected chi connectivity index (χ1v) is 13.1. The number of nitrogens with one attached hydrogen (secondary N) is 1. The highest BCUT2D eigenvalue weighted by atomic mass is 32.1. The molecule has 1 aliphatic heterocycles. The van der Waals surface area contributed by atoms with Crippen LogP contribution in [-0.4, -0.2) is 55.6 Å². The average molecular weight is 554 g/mol. The second-order valence-corrected chi connectivity index (χ2v) is 9.82. The summed E-state index contributed by atoms with van der Waals surface area (Å²) in [5.41, 5.74) is 13.0. The van der Waals surface area contributed by atoms with Gasteiger partial charge in [0.2, 0.25) is 5.91 Å². The van der Waals surface area contributed by atoms with E-state index >= 15 is 0 Å². The molecule has 1 aliphatic rings. The van der Waals surface area contributed by atoms with E-state index in [2.05, 4.69) is 9.69 Å². The number of nitrogens with two attached hydrogens (primary N) is 2. The first-order chi connectivity index (χ1) is 18.7. The van der Waals surface area contributed by atoms with Crippen LogP contribution in [0.25, 0.3) is 0 Å². The van der Waals surface area contributed by atoms with Gasteiger partial charge in [-0.1, -0.05) is 18.2 Å². The lowest BCUT2D eigenvalue weighted by molar-refractivity contribution is -0.123. The Hall–Kier alpha value is -4.16. The monoisotopic (exact) mass is 553 g/mol. The van der Waals surface area contributed by atoms with Crippen molar-refractivity contribution in [2.75, 3.05) is 38.0 Å². The number of carbonyl (C=O) groups is 3. The van der Waals surface area contributed by atoms with Gasteiger partial charge in [0.15, 0.2) is 17.2 Å². The van der Waals surface area contributed by atoms with E-state index in [0.29, 0.717) is 29.4 Å². The van der Waals surface area contributed by atoms with E-state index in [0.717, 1.165) is 29.9 Å². The molecule has 2 aromatic carbocycles. The Morgan fingerprint density at radius 2 is 1.95 bits per heavy atom. The molecule has 0 unspecified atom stereocenters. The number of primary amides is 1. The highest BCUT2D eigenvalue weighted by Gasteiger charge is 2.37. The molecular weight excluding hydrogens is 522 g/mol. The van der Waals surface area contributed by atoms with Gasteiger partial charge in [-0.25, -0.2) is 0 Å². The van der Waals surface area contributed by atoms with Gasteiger partial charge >= 0.3 is 0 Å². The van der Waals surface area contributed by atoms with Crippen molar-refractivity contribution >= 4 is 40.6 Å². The number of benzene rings is 2. The van der Waals surface area contributed by atoms with Gasteiger partial charge in [-0.3, -0.25) is 19.3 Å². The van der Waals surface area contributed by atoms with Crippen molar-refractivity contribution in [2.45, 2.75) is 31.9 Å². The van der Waals surface area contributed by atoms with Crippen LogP contribution >= 0.6 is 11.5 Å². The molecule has 1 aromatic heterocycles. The van der Waals surface area contributed by atoms with E-state index in [1.807, 2.05) is 13.0 Å². The SMILES string of the molecule is COc1ccc([C@H](C(=O)NC[C@@H]2CCCO2)N(C(=O)c2snc(C(N)=O)c2N)c2cccc(C)c2)cc1OC. The third-order valence-electron chi connectivity index (χ3n) is 6.41. The normalized spacial score (nSPS) is 15.4. The standard InChI is InChI=1S/C27H31N5O6S/c1-15-6-4-7-17(12-15)32(27(35)24-21(28)22(25(29)33)31-39-24)23(26(34)30-14-18-8-5-11-38-18)16-9-10-19(36-2)20(13-16)37-3/h4,6-7,9-10,12-13,18,23H,5,8,11,14,28H2,1-3H3,(H2,29,33)(H,30,34)/t18-,23+/m0/s1. The van der Waals surface area contributed by atoms with Crippen LogP contribution < -0.4 is 31.2 Å². The fraction of sp³-hybridized carbons (Fsp3) is 0.333. The summed E-state index contributed by atoms with van der Waals surface area (Å²) in [7, 11) is 3.00. The fourth-order valence-corrected chi connectivity index (χ4v) is 5.20. The van der Waals surface area contributed by atoms with Crippen LogP contribution in [0.3, 0.4) is 0 Å². The Labute approximate surface area is 230 Å². The number of ether oxygens (including phenoxy) is 3. The molecule has 0 aliphatic carbocycles. The molecule has 11 nitrogen and oxygen atoms in total. The molecule has 0 bridgehead atoms. The summed E-state index contributed by atoms with van der Waals surface area (Å²) < 4.78 is 20.5. The summed E-state index contributed by atoms with van der Waals surface area (Å²) in [6.45, 7) is 2.80. The molecule has 3 amide bonds. The van der Waals surface area contributed by atoms with E-state index in [9.17, 15) is 14.4 Å². The maximum absolute atomic E-state index is 14.2. The smallest absolute Gasteiger partial charge is 0.273 e. The van der Waals surface area contributed by atoms with Gasteiger partial charge in [0.05, 0.1) is 26.0 Å². The van der Waals surface area contributed by atoms with Crippen molar-refractivity contribution in [2.24, 2.45) is 5.73 Å². The molecule has 5 N–H and O–H groups in total. The highest BCUT2D eigenvalue weighted by Crippen LogP contribution is 2.37. The maximum atomic E-state index is 14.2. The Morgan fingerprint density at radius 3 is 2.56 bits per heavy atom. The van der Waals surface area contributed by atoms with Crippen LogP contribution in [-0.2, 0) is 9.53 Å². The van der Waals surface area contributed by atoms with Gasteiger partial charge in [-0.15, -0.1) is 0 Å². The zero-order chi connectivity index (χ0) is 28.1. The lowest BCUT2D eigenvalue weighted by Gasteiger charge is -2.32. The van der Waals surface area contributed by atoms with Crippen molar-refractivity contribution in [3.63, 3.8) is 0 Å². The largest absolute Gasteiger partial charge is 0.493 e. The quantitative estimate of drug-likeness (QED) is 0.346. The average Bonchev–Trinajstić information content (AvgIpc) is 3.59. The number of nitrogens with zero attached hydrogens (tertiary/aromatic N) is 2. The molecule has 0 saturated carbocycles. The van der Waals surface area contributed by atoms with Crippen molar-refractivity contribution in [1.82, 2.24) is 9.69 Å². The minimum atomic E-state index is -1.15. The number of methoxy groups -OCH3 is 2. The van der Waals surface area contributed by atoms with Gasteiger partial charge in [-0.05, 0) is 66.7 Å². The van der Waals surface area contributed by atoms with Gasteiger partial charge in [-0.2, -0.15) is 4.37 Å². The molecule has 0 radical (unpaired) electrons. The lowest BCUT2D eigenvalue weighted by atomic mass is 10.0. The van der Waals surface area contributed by atoms with E-state index < -0.39 is 23.8 Å². The molecule has 206 valence electrons. The Bertz CT molecular complexity index is 1370. The number of amides is 3. The van der Waals surface area contributed by atoms with E-state index in [-0.39, 0.29) is 28.9 Å². The molecule has 1 saturated heterocycles. The molecule has 4 rings (SSSR count). The predicted octanol–water partition coefficient (Wildman–Crippen LogP) is 2.83. The van der Waals surface area contributed by atoms with Gasteiger partial charge in [0.1, 0.15) is 10.9 Å². The van der Waals surface area contributed by atoms with E-state index in [4.69, 9.17) is 25.7 Å². The van der Waals surface area contributed by atoms with Gasteiger partial charge in [0.25, 0.3) is 11.8 Å². The van der Waals surface area contributed by atoms with E-state index in [1.165, 1.54) is 19.1 Å². The van der Waals surface area contributed by atoms with Crippen molar-refractivity contribution in [3.05, 3.63) is 64.2 Å². The third-order valence-corrected chi connectivity index (χ3v) is 7.26. The summed E-state index contributed by atoms with van der Waals surface area (Å²) in [5.74, 6) is -1.06. The van der Waals surface area contributed by atoms with Gasteiger partial charge in [0, 0.05) is 18.8 Å². The summed E-state index contributed by atoms with van der Waals surface area (Å²) in [4.78, 5) is 41.2. The Morgan fingerprint density at radius 1 is 1.18 bits per heavy atom. The number of carbonyl (C=O) groups excluding carboxylic acids is 3. The van der Waals surface area contributed by atoms with Crippen LogP contribution in [0.5, 0.6) is 11.5 Å². The number of aromatic nitrogens is 1.